The molecule has 2 rings (SSSR count). The van der Waals surface area contributed by atoms with Crippen molar-refractivity contribution in [3.8, 4) is 5.75 Å². The standard InChI is InChI=1S/C29H42O6/c1-6-8-21-16-25(34-15-14-23(31)18-30)10-12-27(21)29(3,4)28-13-11-26(17-22(28)9-7-2)35-20-24(32)19-33-5/h6-7,10-13,16,22-24,30-32H,1-2,8-9,14-15,17-20H2,3-5H3. The minimum Gasteiger partial charge on any atom is -0.495 e. The van der Waals surface area contributed by atoms with E-state index in [1.807, 2.05) is 30.4 Å². The lowest BCUT2D eigenvalue weighted by molar-refractivity contribution is 0.0111. The van der Waals surface area contributed by atoms with E-state index in [1.54, 1.807) is 7.11 Å². The Morgan fingerprint density at radius 3 is 2.51 bits per heavy atom. The van der Waals surface area contributed by atoms with E-state index in [0.717, 1.165) is 29.9 Å². The van der Waals surface area contributed by atoms with E-state index in [-0.39, 0.29) is 31.2 Å². The van der Waals surface area contributed by atoms with E-state index in [9.17, 15) is 10.2 Å². The van der Waals surface area contributed by atoms with Crippen LogP contribution >= 0.6 is 0 Å². The average Bonchev–Trinajstić information content (AvgIpc) is 2.83. The fourth-order valence-electron chi connectivity index (χ4n) is 4.57. The summed E-state index contributed by atoms with van der Waals surface area (Å²) in [5.74, 6) is 1.82. The second kappa shape index (κ2) is 14.2. The summed E-state index contributed by atoms with van der Waals surface area (Å²) in [7, 11) is 1.56. The fraction of sp³-hybridized carbons (Fsp3) is 0.517. The molecule has 0 radical (unpaired) electrons. The first-order chi connectivity index (χ1) is 16.8. The van der Waals surface area contributed by atoms with E-state index in [1.165, 1.54) is 11.1 Å². The molecule has 1 aliphatic carbocycles. The van der Waals surface area contributed by atoms with E-state index in [4.69, 9.17) is 19.3 Å². The lowest BCUT2D eigenvalue weighted by atomic mass is 9.68. The molecule has 6 heteroatoms. The fourth-order valence-corrected chi connectivity index (χ4v) is 4.57. The molecule has 6 nitrogen and oxygen atoms in total. The van der Waals surface area contributed by atoms with Crippen LogP contribution in [0.4, 0.5) is 0 Å². The molecular weight excluding hydrogens is 444 g/mol. The first kappa shape index (κ1) is 28.9. The SMILES string of the molecule is C=CCc1cc(OCCC(O)CO)ccc1C(C)(C)C1=CC=C(OCC(O)COC)CC1CC=C. The third-order valence-electron chi connectivity index (χ3n) is 6.37. The quantitative estimate of drug-likeness (QED) is 0.303. The van der Waals surface area contributed by atoms with Crippen LogP contribution in [-0.2, 0) is 21.3 Å². The molecule has 35 heavy (non-hydrogen) atoms. The van der Waals surface area contributed by atoms with Gasteiger partial charge in [-0.15, -0.1) is 13.2 Å². The van der Waals surface area contributed by atoms with Crippen molar-refractivity contribution in [2.24, 2.45) is 5.92 Å². The molecule has 3 atom stereocenters. The lowest BCUT2D eigenvalue weighted by Crippen LogP contribution is -2.29. The van der Waals surface area contributed by atoms with Crippen LogP contribution in [0, 0.1) is 5.92 Å². The van der Waals surface area contributed by atoms with Gasteiger partial charge in [0.15, 0.2) is 0 Å². The Balaban J connectivity index is 2.29. The third kappa shape index (κ3) is 8.36. The predicted molar refractivity (Wildman–Crippen MR) is 139 cm³/mol. The van der Waals surface area contributed by atoms with Crippen LogP contribution in [0.2, 0.25) is 0 Å². The minimum atomic E-state index is -0.772. The Bertz CT molecular complexity index is 885. The summed E-state index contributed by atoms with van der Waals surface area (Å²) in [5.41, 5.74) is 3.38. The largest absolute Gasteiger partial charge is 0.495 e. The first-order valence-corrected chi connectivity index (χ1v) is 12.2. The normalized spacial score (nSPS) is 17.7. The monoisotopic (exact) mass is 486 g/mol. The second-order valence-corrected chi connectivity index (χ2v) is 9.51. The number of rotatable bonds is 16. The zero-order chi connectivity index (χ0) is 25.8. The maximum absolute atomic E-state index is 9.93. The Labute approximate surface area is 210 Å². The third-order valence-corrected chi connectivity index (χ3v) is 6.37. The van der Waals surface area contributed by atoms with Crippen molar-refractivity contribution < 1.29 is 29.5 Å². The first-order valence-electron chi connectivity index (χ1n) is 12.2. The molecule has 1 aromatic carbocycles. The van der Waals surface area contributed by atoms with Crippen molar-refractivity contribution >= 4 is 0 Å². The molecule has 0 bridgehead atoms. The van der Waals surface area contributed by atoms with Crippen molar-refractivity contribution in [1.29, 1.82) is 0 Å². The summed E-state index contributed by atoms with van der Waals surface area (Å²) < 4.78 is 16.7. The van der Waals surface area contributed by atoms with Crippen molar-refractivity contribution in [1.82, 2.24) is 0 Å². The van der Waals surface area contributed by atoms with Crippen LogP contribution < -0.4 is 4.74 Å². The van der Waals surface area contributed by atoms with E-state index < -0.39 is 12.2 Å². The Morgan fingerprint density at radius 1 is 1.09 bits per heavy atom. The Morgan fingerprint density at radius 2 is 1.86 bits per heavy atom. The zero-order valence-corrected chi connectivity index (χ0v) is 21.4. The van der Waals surface area contributed by atoms with Gasteiger partial charge in [-0.2, -0.15) is 0 Å². The van der Waals surface area contributed by atoms with Gasteiger partial charge in [-0.3, -0.25) is 0 Å². The Hall–Kier alpha value is -2.38. The molecule has 1 aliphatic rings. The molecule has 1 aromatic rings. The Kier molecular flexibility index (Phi) is 11.7. The number of aliphatic hydroxyl groups is 3. The highest BCUT2D eigenvalue weighted by molar-refractivity contribution is 5.47. The van der Waals surface area contributed by atoms with Crippen LogP contribution in [0.3, 0.4) is 0 Å². The van der Waals surface area contributed by atoms with E-state index in [0.29, 0.717) is 19.4 Å². The number of aliphatic hydroxyl groups excluding tert-OH is 3. The summed E-state index contributed by atoms with van der Waals surface area (Å²) in [6.45, 7) is 12.9. The summed E-state index contributed by atoms with van der Waals surface area (Å²) in [5, 5.41) is 28.5. The van der Waals surface area contributed by atoms with Gasteiger partial charge in [-0.05, 0) is 48.1 Å². The molecule has 0 amide bonds. The summed E-state index contributed by atoms with van der Waals surface area (Å²) in [6.07, 6.45) is 9.20. The van der Waals surface area contributed by atoms with Gasteiger partial charge < -0.3 is 29.5 Å². The van der Waals surface area contributed by atoms with Crippen LogP contribution in [0.1, 0.15) is 44.2 Å². The number of ether oxygens (including phenoxy) is 3. The van der Waals surface area contributed by atoms with E-state index >= 15 is 0 Å². The van der Waals surface area contributed by atoms with Gasteiger partial charge in [0.2, 0.25) is 0 Å². The number of hydrogen-bond acceptors (Lipinski definition) is 6. The van der Waals surface area contributed by atoms with Gasteiger partial charge in [0.25, 0.3) is 0 Å². The number of allylic oxidation sites excluding steroid dienone is 6. The van der Waals surface area contributed by atoms with Gasteiger partial charge in [0.1, 0.15) is 18.5 Å². The minimum absolute atomic E-state index is 0.202. The molecule has 0 fully saturated rings. The second-order valence-electron chi connectivity index (χ2n) is 9.51. The van der Waals surface area contributed by atoms with Crippen molar-refractivity contribution in [2.45, 2.75) is 57.2 Å². The molecule has 194 valence electrons. The molecule has 0 saturated carbocycles. The molecule has 0 heterocycles. The number of benzene rings is 1. The van der Waals surface area contributed by atoms with Crippen LogP contribution in [-0.4, -0.2) is 61.1 Å². The topological polar surface area (TPSA) is 88.4 Å². The van der Waals surface area contributed by atoms with Crippen molar-refractivity contribution in [2.75, 3.05) is 33.5 Å². The van der Waals surface area contributed by atoms with Crippen molar-refractivity contribution in [3.63, 3.8) is 0 Å². The highest BCUT2D eigenvalue weighted by atomic mass is 16.5. The van der Waals surface area contributed by atoms with Gasteiger partial charge >= 0.3 is 0 Å². The molecule has 3 N–H and O–H groups in total. The molecule has 0 saturated heterocycles. The lowest BCUT2D eigenvalue weighted by Gasteiger charge is -2.37. The molecule has 0 aromatic heterocycles. The van der Waals surface area contributed by atoms with Crippen LogP contribution in [0.25, 0.3) is 0 Å². The van der Waals surface area contributed by atoms with Gasteiger partial charge in [-0.1, -0.05) is 43.7 Å². The number of hydrogen-bond donors (Lipinski definition) is 3. The van der Waals surface area contributed by atoms with Gasteiger partial charge in [0.05, 0.1) is 31.7 Å². The summed E-state index contributed by atoms with van der Waals surface area (Å²) in [6, 6.07) is 6.11. The zero-order valence-electron chi connectivity index (χ0n) is 21.4. The van der Waals surface area contributed by atoms with Crippen LogP contribution in [0.15, 0.2) is 67.0 Å². The number of methoxy groups -OCH3 is 1. The molecular formula is C29H42O6. The summed E-state index contributed by atoms with van der Waals surface area (Å²) in [4.78, 5) is 0. The van der Waals surface area contributed by atoms with E-state index in [2.05, 4.69) is 39.1 Å². The highest BCUT2D eigenvalue weighted by Crippen LogP contribution is 2.44. The van der Waals surface area contributed by atoms with Gasteiger partial charge in [-0.25, -0.2) is 0 Å². The van der Waals surface area contributed by atoms with Gasteiger partial charge in [0, 0.05) is 25.4 Å². The maximum Gasteiger partial charge on any atom is 0.119 e. The molecule has 0 spiro atoms. The summed E-state index contributed by atoms with van der Waals surface area (Å²) >= 11 is 0. The average molecular weight is 487 g/mol. The van der Waals surface area contributed by atoms with Crippen molar-refractivity contribution in [3.05, 3.63) is 78.1 Å². The van der Waals surface area contributed by atoms with Crippen LogP contribution in [0.5, 0.6) is 5.75 Å². The molecule has 3 unspecified atom stereocenters. The predicted octanol–water partition coefficient (Wildman–Crippen LogP) is 4.25. The maximum atomic E-state index is 9.93. The smallest absolute Gasteiger partial charge is 0.119 e. The molecule has 0 aliphatic heterocycles. The highest BCUT2D eigenvalue weighted by Gasteiger charge is 2.34.